The van der Waals surface area contributed by atoms with Gasteiger partial charge in [0.1, 0.15) is 12.4 Å². The standard InChI is InChI=1S/C23H24O8/c1-28-20-10-5-17(13-21(20)29-2)7-11-22(26)30-15-19(14-24)31-23(27)12-6-16-3-8-18(25)9-4-16/h3-13,19,24-25H,14-15H2,1-2H3. The number of aromatic hydroxyl groups is 1. The molecule has 1 unspecified atom stereocenters. The molecule has 8 heteroatoms. The Hall–Kier alpha value is -3.78. The largest absolute Gasteiger partial charge is 0.508 e. The molecule has 0 radical (unpaired) electrons. The number of carbonyl (C=O) groups is 2. The third-order valence-corrected chi connectivity index (χ3v) is 4.02. The first-order valence-electron chi connectivity index (χ1n) is 9.30. The van der Waals surface area contributed by atoms with Crippen LogP contribution in [0.1, 0.15) is 11.1 Å². The van der Waals surface area contributed by atoms with Gasteiger partial charge >= 0.3 is 11.9 Å². The number of methoxy groups -OCH3 is 2. The predicted molar refractivity (Wildman–Crippen MR) is 114 cm³/mol. The van der Waals surface area contributed by atoms with Crippen molar-refractivity contribution in [3.05, 3.63) is 65.7 Å². The number of phenolic OH excluding ortho intramolecular Hbond substituents is 1. The first-order chi connectivity index (χ1) is 14.9. The Balaban J connectivity index is 1.84. The van der Waals surface area contributed by atoms with Crippen molar-refractivity contribution in [3.63, 3.8) is 0 Å². The van der Waals surface area contributed by atoms with Crippen molar-refractivity contribution in [3.8, 4) is 17.2 Å². The van der Waals surface area contributed by atoms with Crippen LogP contribution in [0.15, 0.2) is 54.6 Å². The number of benzene rings is 2. The van der Waals surface area contributed by atoms with Gasteiger partial charge in [-0.15, -0.1) is 0 Å². The van der Waals surface area contributed by atoms with E-state index in [2.05, 4.69) is 0 Å². The van der Waals surface area contributed by atoms with Crippen LogP contribution in [0.4, 0.5) is 0 Å². The molecular weight excluding hydrogens is 404 g/mol. The molecule has 0 heterocycles. The zero-order chi connectivity index (χ0) is 22.6. The molecule has 0 aromatic heterocycles. The maximum Gasteiger partial charge on any atom is 0.331 e. The third kappa shape index (κ3) is 7.87. The Kier molecular flexibility index (Phi) is 9.13. The summed E-state index contributed by atoms with van der Waals surface area (Å²) in [6.07, 6.45) is 4.41. The van der Waals surface area contributed by atoms with Gasteiger partial charge in [-0.25, -0.2) is 9.59 Å². The number of hydrogen-bond donors (Lipinski definition) is 2. The number of aliphatic hydroxyl groups excluding tert-OH is 1. The molecule has 8 nitrogen and oxygen atoms in total. The predicted octanol–water partition coefficient (Wildman–Crippen LogP) is 2.58. The molecule has 0 bridgehead atoms. The minimum Gasteiger partial charge on any atom is -0.508 e. The first-order valence-corrected chi connectivity index (χ1v) is 9.30. The van der Waals surface area contributed by atoms with E-state index in [-0.39, 0.29) is 12.4 Å². The molecule has 2 aromatic rings. The number of rotatable bonds is 10. The minimum atomic E-state index is -1.00. The van der Waals surface area contributed by atoms with Crippen LogP contribution >= 0.6 is 0 Å². The molecule has 1 atom stereocenters. The molecule has 0 spiro atoms. The number of phenols is 1. The SMILES string of the molecule is COc1ccc(C=CC(=O)OCC(CO)OC(=O)C=Cc2ccc(O)cc2)cc1OC. The average Bonchev–Trinajstić information content (AvgIpc) is 2.79. The molecule has 31 heavy (non-hydrogen) atoms. The molecular formula is C23H24O8. The Morgan fingerprint density at radius 1 is 0.903 bits per heavy atom. The molecule has 0 fully saturated rings. The van der Waals surface area contributed by atoms with Gasteiger partial charge < -0.3 is 29.2 Å². The van der Waals surface area contributed by atoms with Gasteiger partial charge in [-0.05, 0) is 47.5 Å². The van der Waals surface area contributed by atoms with Crippen molar-refractivity contribution >= 4 is 24.1 Å². The summed E-state index contributed by atoms with van der Waals surface area (Å²) in [5, 5.41) is 18.6. The van der Waals surface area contributed by atoms with Gasteiger partial charge in [0.25, 0.3) is 0 Å². The third-order valence-electron chi connectivity index (χ3n) is 4.02. The van der Waals surface area contributed by atoms with E-state index < -0.39 is 24.6 Å². The van der Waals surface area contributed by atoms with E-state index in [0.29, 0.717) is 22.6 Å². The van der Waals surface area contributed by atoms with Crippen LogP contribution in [0.2, 0.25) is 0 Å². The van der Waals surface area contributed by atoms with E-state index in [1.165, 1.54) is 50.7 Å². The zero-order valence-corrected chi connectivity index (χ0v) is 17.2. The quantitative estimate of drug-likeness (QED) is 0.439. The minimum absolute atomic E-state index is 0.113. The lowest BCUT2D eigenvalue weighted by molar-refractivity contribution is -0.154. The van der Waals surface area contributed by atoms with Crippen molar-refractivity contribution in [1.82, 2.24) is 0 Å². The molecule has 0 aliphatic rings. The highest BCUT2D eigenvalue weighted by Gasteiger charge is 2.14. The van der Waals surface area contributed by atoms with Gasteiger partial charge in [0.2, 0.25) is 0 Å². The van der Waals surface area contributed by atoms with Crippen molar-refractivity contribution in [2.45, 2.75) is 6.10 Å². The van der Waals surface area contributed by atoms with E-state index in [9.17, 15) is 19.8 Å². The summed E-state index contributed by atoms with van der Waals surface area (Å²) >= 11 is 0. The van der Waals surface area contributed by atoms with Crippen LogP contribution in [0.25, 0.3) is 12.2 Å². The number of aliphatic hydroxyl groups is 1. The van der Waals surface area contributed by atoms with Gasteiger partial charge in [0.05, 0.1) is 20.8 Å². The Morgan fingerprint density at radius 3 is 2.16 bits per heavy atom. The molecule has 0 saturated heterocycles. The maximum absolute atomic E-state index is 11.9. The van der Waals surface area contributed by atoms with Crippen LogP contribution in [0.3, 0.4) is 0 Å². The summed E-state index contributed by atoms with van der Waals surface area (Å²) in [6, 6.07) is 11.3. The lowest BCUT2D eigenvalue weighted by Gasteiger charge is -2.13. The van der Waals surface area contributed by atoms with E-state index in [0.717, 1.165) is 0 Å². The second-order valence-corrected chi connectivity index (χ2v) is 6.24. The van der Waals surface area contributed by atoms with Crippen molar-refractivity contribution in [1.29, 1.82) is 0 Å². The Labute approximate surface area is 179 Å². The fraction of sp³-hybridized carbons (Fsp3) is 0.217. The fourth-order valence-electron chi connectivity index (χ4n) is 2.42. The molecule has 0 aliphatic heterocycles. The van der Waals surface area contributed by atoms with Crippen LogP contribution in [-0.4, -0.2) is 55.7 Å². The van der Waals surface area contributed by atoms with Gasteiger partial charge in [-0.3, -0.25) is 0 Å². The average molecular weight is 428 g/mol. The summed E-state index contributed by atoms with van der Waals surface area (Å²) in [4.78, 5) is 23.8. The van der Waals surface area contributed by atoms with Gasteiger partial charge in [0, 0.05) is 12.2 Å². The van der Waals surface area contributed by atoms with Gasteiger partial charge in [0.15, 0.2) is 17.6 Å². The van der Waals surface area contributed by atoms with Crippen molar-refractivity contribution in [2.24, 2.45) is 0 Å². The van der Waals surface area contributed by atoms with Crippen LogP contribution in [0, 0.1) is 0 Å². The summed E-state index contributed by atoms with van der Waals surface area (Å²) in [5.74, 6) is -0.171. The molecule has 0 aliphatic carbocycles. The highest BCUT2D eigenvalue weighted by Crippen LogP contribution is 2.27. The summed E-state index contributed by atoms with van der Waals surface area (Å²) < 4.78 is 20.4. The lowest BCUT2D eigenvalue weighted by atomic mass is 10.2. The lowest BCUT2D eigenvalue weighted by Crippen LogP contribution is -2.27. The fourth-order valence-corrected chi connectivity index (χ4v) is 2.42. The van der Waals surface area contributed by atoms with E-state index >= 15 is 0 Å². The van der Waals surface area contributed by atoms with Gasteiger partial charge in [-0.1, -0.05) is 18.2 Å². The number of carbonyl (C=O) groups excluding carboxylic acids is 2. The van der Waals surface area contributed by atoms with Crippen LogP contribution in [0.5, 0.6) is 17.2 Å². The highest BCUT2D eigenvalue weighted by molar-refractivity contribution is 5.88. The molecule has 0 amide bonds. The van der Waals surface area contributed by atoms with Crippen LogP contribution in [-0.2, 0) is 19.1 Å². The Bertz CT molecular complexity index is 931. The molecule has 0 saturated carbocycles. The topological polar surface area (TPSA) is 112 Å². The highest BCUT2D eigenvalue weighted by atomic mass is 16.6. The second-order valence-electron chi connectivity index (χ2n) is 6.24. The maximum atomic E-state index is 11.9. The summed E-state index contributed by atoms with van der Waals surface area (Å²) in [6.45, 7) is -0.810. The van der Waals surface area contributed by atoms with Crippen molar-refractivity contribution < 1.29 is 38.7 Å². The second kappa shape index (κ2) is 12.0. The first kappa shape index (κ1) is 23.5. The number of hydrogen-bond acceptors (Lipinski definition) is 8. The monoisotopic (exact) mass is 428 g/mol. The molecule has 2 N–H and O–H groups in total. The number of ether oxygens (including phenoxy) is 4. The molecule has 2 rings (SSSR count). The smallest absolute Gasteiger partial charge is 0.331 e. The van der Waals surface area contributed by atoms with Crippen molar-refractivity contribution in [2.75, 3.05) is 27.4 Å². The molecule has 164 valence electrons. The number of esters is 2. The normalized spacial score (nSPS) is 12.0. The molecule has 2 aromatic carbocycles. The zero-order valence-electron chi connectivity index (χ0n) is 17.2. The Morgan fingerprint density at radius 2 is 1.52 bits per heavy atom. The van der Waals surface area contributed by atoms with E-state index in [4.69, 9.17) is 18.9 Å². The summed E-state index contributed by atoms with van der Waals surface area (Å²) in [7, 11) is 3.04. The van der Waals surface area contributed by atoms with E-state index in [1.807, 2.05) is 0 Å². The van der Waals surface area contributed by atoms with E-state index in [1.54, 1.807) is 30.3 Å². The summed E-state index contributed by atoms with van der Waals surface area (Å²) in [5.41, 5.74) is 1.38. The van der Waals surface area contributed by atoms with Gasteiger partial charge in [-0.2, -0.15) is 0 Å². The van der Waals surface area contributed by atoms with Crippen LogP contribution < -0.4 is 9.47 Å².